The summed E-state index contributed by atoms with van der Waals surface area (Å²) in [6.45, 7) is 6.79. The lowest BCUT2D eigenvalue weighted by Crippen LogP contribution is -2.46. The highest BCUT2D eigenvalue weighted by Crippen LogP contribution is 2.39. The normalized spacial score (nSPS) is 23.4. The van der Waals surface area contributed by atoms with E-state index in [-0.39, 0.29) is 23.7 Å². The number of fused-ring (bicyclic) bond motifs is 1. The van der Waals surface area contributed by atoms with Crippen LogP contribution in [0.2, 0.25) is 0 Å². The molecular formula is C22H28N2O5. The fourth-order valence-electron chi connectivity index (χ4n) is 4.19. The molecule has 2 aliphatic rings. The van der Waals surface area contributed by atoms with E-state index >= 15 is 0 Å². The zero-order valence-electron chi connectivity index (χ0n) is 17.4. The van der Waals surface area contributed by atoms with Gasteiger partial charge in [-0.15, -0.1) is 0 Å². The number of imide groups is 1. The number of benzene rings is 1. The molecular weight excluding hydrogens is 372 g/mol. The molecule has 1 aliphatic carbocycles. The second-order valence-electron chi connectivity index (χ2n) is 8.11. The fourth-order valence-corrected chi connectivity index (χ4v) is 4.19. The van der Waals surface area contributed by atoms with E-state index in [9.17, 15) is 19.2 Å². The molecule has 0 spiro atoms. The van der Waals surface area contributed by atoms with Gasteiger partial charge in [-0.05, 0) is 52.2 Å². The topological polar surface area (TPSA) is 92.8 Å². The molecule has 4 atom stereocenters. The predicted octanol–water partition coefficient (Wildman–Crippen LogP) is 2.74. The van der Waals surface area contributed by atoms with E-state index in [2.05, 4.69) is 5.32 Å². The SMILES string of the molecule is Cc1ccc(NC(=O)[C@H](C)OC(=O)[C@H](C)N2C(=O)[C@H]3CCCC[C@H]3C2=O)c(C)c1. The molecule has 1 aromatic carbocycles. The van der Waals surface area contributed by atoms with Crippen LogP contribution in [-0.2, 0) is 23.9 Å². The van der Waals surface area contributed by atoms with Gasteiger partial charge in [0, 0.05) is 5.69 Å². The summed E-state index contributed by atoms with van der Waals surface area (Å²) in [5, 5.41) is 2.75. The molecule has 0 bridgehead atoms. The number of esters is 1. The minimum atomic E-state index is -1.05. The third kappa shape index (κ3) is 4.18. The van der Waals surface area contributed by atoms with Gasteiger partial charge in [0.2, 0.25) is 11.8 Å². The van der Waals surface area contributed by atoms with E-state index in [1.54, 1.807) is 6.07 Å². The van der Waals surface area contributed by atoms with Gasteiger partial charge in [0.25, 0.3) is 5.91 Å². The maximum Gasteiger partial charge on any atom is 0.329 e. The Bertz CT molecular complexity index is 826. The lowest BCUT2D eigenvalue weighted by molar-refractivity contribution is -0.163. The van der Waals surface area contributed by atoms with E-state index < -0.39 is 24.0 Å². The summed E-state index contributed by atoms with van der Waals surface area (Å²) < 4.78 is 5.28. The van der Waals surface area contributed by atoms with Crippen LogP contribution in [0.4, 0.5) is 5.69 Å². The molecule has 7 heteroatoms. The molecule has 1 saturated heterocycles. The molecule has 7 nitrogen and oxygen atoms in total. The van der Waals surface area contributed by atoms with E-state index in [0.29, 0.717) is 18.5 Å². The number of carbonyl (C=O) groups excluding carboxylic acids is 4. The number of ether oxygens (including phenoxy) is 1. The van der Waals surface area contributed by atoms with Gasteiger partial charge in [-0.1, -0.05) is 30.5 Å². The van der Waals surface area contributed by atoms with Gasteiger partial charge >= 0.3 is 5.97 Å². The summed E-state index contributed by atoms with van der Waals surface area (Å²) in [4.78, 5) is 51.3. The average molecular weight is 400 g/mol. The van der Waals surface area contributed by atoms with E-state index in [1.807, 2.05) is 26.0 Å². The van der Waals surface area contributed by atoms with Crippen molar-refractivity contribution in [2.45, 2.75) is 65.5 Å². The van der Waals surface area contributed by atoms with Gasteiger partial charge in [0.05, 0.1) is 11.8 Å². The highest BCUT2D eigenvalue weighted by molar-refractivity contribution is 6.08. The Morgan fingerprint density at radius 3 is 2.21 bits per heavy atom. The van der Waals surface area contributed by atoms with Crippen molar-refractivity contribution >= 4 is 29.4 Å². The maximum absolute atomic E-state index is 12.6. The number of carbonyl (C=O) groups is 4. The lowest BCUT2D eigenvalue weighted by atomic mass is 9.81. The maximum atomic E-state index is 12.6. The first kappa shape index (κ1) is 21.0. The van der Waals surface area contributed by atoms with Crippen LogP contribution in [0.25, 0.3) is 0 Å². The van der Waals surface area contributed by atoms with Crippen molar-refractivity contribution in [1.82, 2.24) is 4.90 Å². The van der Waals surface area contributed by atoms with Crippen LogP contribution in [0.5, 0.6) is 0 Å². The summed E-state index contributed by atoms with van der Waals surface area (Å²) in [5.74, 6) is -2.46. The number of hydrogen-bond acceptors (Lipinski definition) is 5. The van der Waals surface area contributed by atoms with Gasteiger partial charge < -0.3 is 10.1 Å². The molecule has 1 heterocycles. The summed E-state index contributed by atoms with van der Waals surface area (Å²) >= 11 is 0. The standard InChI is InChI=1S/C22H28N2O5/c1-12-9-10-18(13(2)11-12)23-19(25)15(4)29-22(28)14(3)24-20(26)16-7-5-6-8-17(16)21(24)27/h9-11,14-17H,5-8H2,1-4H3,(H,23,25)/t14-,15-,16-,17+/m0/s1. The number of rotatable bonds is 5. The molecule has 0 aromatic heterocycles. The zero-order valence-corrected chi connectivity index (χ0v) is 17.4. The van der Waals surface area contributed by atoms with E-state index in [0.717, 1.165) is 28.9 Å². The first-order valence-corrected chi connectivity index (χ1v) is 10.2. The lowest BCUT2D eigenvalue weighted by Gasteiger charge is -2.23. The third-order valence-electron chi connectivity index (χ3n) is 5.91. The first-order valence-electron chi connectivity index (χ1n) is 10.2. The van der Waals surface area contributed by atoms with Crippen molar-refractivity contribution in [2.75, 3.05) is 5.32 Å². The minimum Gasteiger partial charge on any atom is -0.451 e. The van der Waals surface area contributed by atoms with E-state index in [1.165, 1.54) is 13.8 Å². The second kappa shape index (κ2) is 8.35. The Morgan fingerprint density at radius 2 is 1.66 bits per heavy atom. The van der Waals surface area contributed by atoms with Crippen molar-refractivity contribution < 1.29 is 23.9 Å². The molecule has 0 radical (unpaired) electrons. The summed E-state index contributed by atoms with van der Waals surface area (Å²) in [6, 6.07) is 4.57. The fraction of sp³-hybridized carbons (Fsp3) is 0.545. The highest BCUT2D eigenvalue weighted by Gasteiger charge is 2.51. The number of likely N-dealkylation sites (tertiary alicyclic amines) is 1. The van der Waals surface area contributed by atoms with Crippen LogP contribution in [0.15, 0.2) is 18.2 Å². The molecule has 3 rings (SSSR count). The monoisotopic (exact) mass is 400 g/mol. The molecule has 1 saturated carbocycles. The van der Waals surface area contributed by atoms with Crippen molar-refractivity contribution in [3.63, 3.8) is 0 Å². The molecule has 0 unspecified atom stereocenters. The Labute approximate surface area is 170 Å². The number of aryl methyl sites for hydroxylation is 2. The molecule has 1 aromatic rings. The van der Waals surface area contributed by atoms with E-state index in [4.69, 9.17) is 4.74 Å². The Hall–Kier alpha value is -2.70. The van der Waals surface area contributed by atoms with Crippen LogP contribution in [-0.4, -0.2) is 40.7 Å². The molecule has 156 valence electrons. The summed E-state index contributed by atoms with van der Waals surface area (Å²) in [6.07, 6.45) is 2.15. The largest absolute Gasteiger partial charge is 0.451 e. The van der Waals surface area contributed by atoms with Crippen molar-refractivity contribution in [2.24, 2.45) is 11.8 Å². The van der Waals surface area contributed by atoms with Gasteiger partial charge in [0.15, 0.2) is 6.10 Å². The molecule has 2 fully saturated rings. The second-order valence-corrected chi connectivity index (χ2v) is 8.11. The minimum absolute atomic E-state index is 0.295. The number of hydrogen-bond donors (Lipinski definition) is 1. The van der Waals surface area contributed by atoms with Gasteiger partial charge in [-0.25, -0.2) is 4.79 Å². The quantitative estimate of drug-likeness (QED) is 0.606. The molecule has 1 N–H and O–H groups in total. The molecule has 3 amide bonds. The van der Waals surface area contributed by atoms with Gasteiger partial charge in [-0.2, -0.15) is 0 Å². The van der Waals surface area contributed by atoms with Crippen LogP contribution in [0.1, 0.15) is 50.7 Å². The van der Waals surface area contributed by atoms with Crippen LogP contribution < -0.4 is 5.32 Å². The Balaban J connectivity index is 1.62. The zero-order chi connectivity index (χ0) is 21.3. The number of anilines is 1. The average Bonchev–Trinajstić information content (AvgIpc) is 2.94. The third-order valence-corrected chi connectivity index (χ3v) is 5.91. The van der Waals surface area contributed by atoms with Gasteiger partial charge in [-0.3, -0.25) is 19.3 Å². The molecule has 1 aliphatic heterocycles. The Kier molecular flexibility index (Phi) is 6.05. The summed E-state index contributed by atoms with van der Waals surface area (Å²) in [7, 11) is 0. The summed E-state index contributed by atoms with van der Waals surface area (Å²) in [5.41, 5.74) is 2.63. The smallest absolute Gasteiger partial charge is 0.329 e. The van der Waals surface area contributed by atoms with Crippen molar-refractivity contribution in [3.8, 4) is 0 Å². The van der Waals surface area contributed by atoms with Crippen LogP contribution >= 0.6 is 0 Å². The van der Waals surface area contributed by atoms with Crippen LogP contribution in [0.3, 0.4) is 0 Å². The predicted molar refractivity (Wildman–Crippen MR) is 107 cm³/mol. The van der Waals surface area contributed by atoms with Crippen LogP contribution in [0, 0.1) is 25.7 Å². The van der Waals surface area contributed by atoms with Crippen molar-refractivity contribution in [3.05, 3.63) is 29.3 Å². The van der Waals surface area contributed by atoms with Gasteiger partial charge in [0.1, 0.15) is 6.04 Å². The first-order chi connectivity index (χ1) is 13.7. The Morgan fingerprint density at radius 1 is 1.07 bits per heavy atom. The number of nitrogens with zero attached hydrogens (tertiary/aromatic N) is 1. The van der Waals surface area contributed by atoms with Crippen molar-refractivity contribution in [1.29, 1.82) is 0 Å². The number of amides is 3. The number of nitrogens with one attached hydrogen (secondary N) is 1. The molecule has 29 heavy (non-hydrogen) atoms. The highest BCUT2D eigenvalue weighted by atomic mass is 16.5.